The van der Waals surface area contributed by atoms with Crippen LogP contribution in [-0.4, -0.2) is 33.8 Å². The number of anilines is 3. The molecule has 1 atom stereocenters. The van der Waals surface area contributed by atoms with Gasteiger partial charge in [0.15, 0.2) is 0 Å². The van der Waals surface area contributed by atoms with Crippen LogP contribution in [0.3, 0.4) is 0 Å². The number of nitrogens with zero attached hydrogens (tertiary/aromatic N) is 3. The second kappa shape index (κ2) is 4.34. The van der Waals surface area contributed by atoms with E-state index in [0.717, 1.165) is 19.4 Å². The molecular weight excluding hydrogens is 220 g/mol. The highest BCUT2D eigenvalue weighted by Gasteiger charge is 2.29. The van der Waals surface area contributed by atoms with Crippen molar-refractivity contribution in [2.24, 2.45) is 5.84 Å². The minimum atomic E-state index is -0.686. The second-order valence-electron chi connectivity index (χ2n) is 4.64. The smallest absolute Gasteiger partial charge is 0.223 e. The maximum atomic E-state index is 10.0. The number of hydrogen-bond donors (Lipinski definition) is 4. The highest BCUT2D eigenvalue weighted by molar-refractivity contribution is 5.52. The van der Waals surface area contributed by atoms with Crippen molar-refractivity contribution < 1.29 is 5.11 Å². The van der Waals surface area contributed by atoms with E-state index in [1.165, 1.54) is 0 Å². The molecule has 1 saturated heterocycles. The van der Waals surface area contributed by atoms with E-state index in [0.29, 0.717) is 18.2 Å². The zero-order chi connectivity index (χ0) is 12.5. The quantitative estimate of drug-likeness (QED) is 0.413. The molecule has 2 rings (SSSR count). The first-order chi connectivity index (χ1) is 8.00. The third-order valence-electron chi connectivity index (χ3n) is 2.88. The lowest BCUT2D eigenvalue weighted by Crippen LogP contribution is -2.46. The maximum absolute atomic E-state index is 10.0. The Morgan fingerprint density at radius 1 is 1.53 bits per heavy atom. The van der Waals surface area contributed by atoms with Gasteiger partial charge < -0.3 is 21.2 Å². The minimum absolute atomic E-state index is 0.167. The van der Waals surface area contributed by atoms with Crippen LogP contribution in [0.1, 0.15) is 19.8 Å². The number of hydrazine groups is 1. The summed E-state index contributed by atoms with van der Waals surface area (Å²) in [5.41, 5.74) is 7.36. The molecule has 1 aliphatic rings. The van der Waals surface area contributed by atoms with E-state index < -0.39 is 5.60 Å². The van der Waals surface area contributed by atoms with Gasteiger partial charge in [-0.25, -0.2) is 5.84 Å². The molecule has 0 spiro atoms. The number of hydrogen-bond acceptors (Lipinski definition) is 7. The number of aromatic nitrogens is 2. The molecule has 6 N–H and O–H groups in total. The molecule has 0 saturated carbocycles. The van der Waals surface area contributed by atoms with Crippen molar-refractivity contribution in [1.29, 1.82) is 0 Å². The van der Waals surface area contributed by atoms with E-state index in [-0.39, 0.29) is 5.95 Å². The Morgan fingerprint density at radius 3 is 2.94 bits per heavy atom. The van der Waals surface area contributed by atoms with E-state index >= 15 is 0 Å². The highest BCUT2D eigenvalue weighted by atomic mass is 16.3. The Kier molecular flexibility index (Phi) is 3.03. The predicted molar refractivity (Wildman–Crippen MR) is 66.3 cm³/mol. The van der Waals surface area contributed by atoms with Gasteiger partial charge in [0.1, 0.15) is 11.6 Å². The molecule has 1 fully saturated rings. The molecular formula is C10H18N6O. The van der Waals surface area contributed by atoms with Crippen LogP contribution in [0.2, 0.25) is 0 Å². The molecule has 1 aliphatic heterocycles. The van der Waals surface area contributed by atoms with Gasteiger partial charge in [0.05, 0.1) is 5.60 Å². The largest absolute Gasteiger partial charge is 0.388 e. The fraction of sp³-hybridized carbons (Fsp3) is 0.600. The Balaban J connectivity index is 2.24. The molecule has 0 radical (unpaired) electrons. The number of nitrogen functional groups attached to an aromatic ring is 2. The van der Waals surface area contributed by atoms with Gasteiger partial charge in [0, 0.05) is 19.2 Å². The van der Waals surface area contributed by atoms with E-state index in [1.807, 2.05) is 11.8 Å². The van der Waals surface area contributed by atoms with E-state index in [4.69, 9.17) is 11.6 Å². The Morgan fingerprint density at radius 2 is 2.29 bits per heavy atom. The van der Waals surface area contributed by atoms with E-state index in [1.54, 1.807) is 6.07 Å². The fourth-order valence-electron chi connectivity index (χ4n) is 2.10. The van der Waals surface area contributed by atoms with Crippen LogP contribution in [0.25, 0.3) is 0 Å². The zero-order valence-corrected chi connectivity index (χ0v) is 9.85. The van der Waals surface area contributed by atoms with Gasteiger partial charge >= 0.3 is 0 Å². The predicted octanol–water partition coefficient (Wildman–Crippen LogP) is -0.304. The fourth-order valence-corrected chi connectivity index (χ4v) is 2.10. The topological polar surface area (TPSA) is 113 Å². The van der Waals surface area contributed by atoms with E-state index in [2.05, 4.69) is 15.4 Å². The molecule has 1 unspecified atom stereocenters. The number of rotatable bonds is 2. The standard InChI is InChI=1S/C10H18N6O/c1-10(17)3-2-4-16(6-10)8-5-7(15-12)13-9(11)14-8/h5,17H,2-4,6,12H2,1H3,(H3,11,13,14,15). The van der Waals surface area contributed by atoms with Crippen molar-refractivity contribution in [3.05, 3.63) is 6.07 Å². The zero-order valence-electron chi connectivity index (χ0n) is 9.85. The summed E-state index contributed by atoms with van der Waals surface area (Å²) < 4.78 is 0. The average Bonchev–Trinajstić information content (AvgIpc) is 2.27. The first-order valence-electron chi connectivity index (χ1n) is 5.59. The summed E-state index contributed by atoms with van der Waals surface area (Å²) >= 11 is 0. The van der Waals surface area contributed by atoms with Crippen LogP contribution < -0.4 is 21.9 Å². The van der Waals surface area contributed by atoms with Gasteiger partial charge in [-0.2, -0.15) is 9.97 Å². The first-order valence-corrected chi connectivity index (χ1v) is 5.59. The highest BCUT2D eigenvalue weighted by Crippen LogP contribution is 2.25. The lowest BCUT2D eigenvalue weighted by atomic mass is 9.95. The monoisotopic (exact) mass is 238 g/mol. The van der Waals surface area contributed by atoms with Gasteiger partial charge in [0.2, 0.25) is 5.95 Å². The average molecular weight is 238 g/mol. The molecule has 2 heterocycles. The second-order valence-corrected chi connectivity index (χ2v) is 4.64. The lowest BCUT2D eigenvalue weighted by molar-refractivity contribution is 0.0447. The molecule has 7 nitrogen and oxygen atoms in total. The maximum Gasteiger partial charge on any atom is 0.223 e. The molecule has 1 aromatic heterocycles. The normalized spacial score (nSPS) is 24.8. The molecule has 1 aromatic rings. The summed E-state index contributed by atoms with van der Waals surface area (Å²) in [6.07, 6.45) is 1.72. The van der Waals surface area contributed by atoms with Crippen molar-refractivity contribution in [3.8, 4) is 0 Å². The molecule has 0 aliphatic carbocycles. The molecule has 0 bridgehead atoms. The van der Waals surface area contributed by atoms with Crippen LogP contribution >= 0.6 is 0 Å². The molecule has 0 aromatic carbocycles. The number of β-amino-alcohol motifs (C(OH)–C–C–N with tert-alkyl or cyclic N) is 1. The first kappa shape index (κ1) is 11.9. The summed E-state index contributed by atoms with van der Waals surface area (Å²) in [5.74, 6) is 6.63. The summed E-state index contributed by atoms with van der Waals surface area (Å²) in [4.78, 5) is 10.1. The van der Waals surface area contributed by atoms with Gasteiger partial charge in [-0.1, -0.05) is 0 Å². The van der Waals surface area contributed by atoms with Crippen molar-refractivity contribution in [2.75, 3.05) is 29.1 Å². The minimum Gasteiger partial charge on any atom is -0.388 e. The van der Waals surface area contributed by atoms with Crippen LogP contribution in [0.4, 0.5) is 17.6 Å². The number of nitrogens with one attached hydrogen (secondary N) is 1. The Hall–Kier alpha value is -1.60. The Bertz CT molecular complexity index is 408. The van der Waals surface area contributed by atoms with Crippen molar-refractivity contribution in [3.63, 3.8) is 0 Å². The van der Waals surface area contributed by atoms with Crippen molar-refractivity contribution >= 4 is 17.6 Å². The van der Waals surface area contributed by atoms with Crippen LogP contribution in [0.15, 0.2) is 6.07 Å². The number of piperidine rings is 1. The van der Waals surface area contributed by atoms with E-state index in [9.17, 15) is 5.11 Å². The molecule has 7 heteroatoms. The summed E-state index contributed by atoms with van der Waals surface area (Å²) in [5, 5.41) is 10.0. The van der Waals surface area contributed by atoms with Crippen LogP contribution in [0, 0.1) is 0 Å². The molecule has 94 valence electrons. The summed E-state index contributed by atoms with van der Waals surface area (Å²) in [6.45, 7) is 3.20. The Labute approximate surface area is 99.8 Å². The van der Waals surface area contributed by atoms with Gasteiger partial charge in [-0.05, 0) is 19.8 Å². The number of aliphatic hydroxyl groups is 1. The third kappa shape index (κ3) is 2.75. The third-order valence-corrected chi connectivity index (χ3v) is 2.88. The van der Waals surface area contributed by atoms with Crippen molar-refractivity contribution in [2.45, 2.75) is 25.4 Å². The summed E-state index contributed by atoms with van der Waals surface area (Å²) in [6, 6.07) is 1.72. The summed E-state index contributed by atoms with van der Waals surface area (Å²) in [7, 11) is 0. The SMILES string of the molecule is CC1(O)CCCN(c2cc(NN)nc(N)n2)C1. The van der Waals surface area contributed by atoms with Crippen LogP contribution in [-0.2, 0) is 0 Å². The number of nitrogens with two attached hydrogens (primary N) is 2. The van der Waals surface area contributed by atoms with Crippen LogP contribution in [0.5, 0.6) is 0 Å². The molecule has 0 amide bonds. The lowest BCUT2D eigenvalue weighted by Gasteiger charge is -2.37. The molecule has 17 heavy (non-hydrogen) atoms. The van der Waals surface area contributed by atoms with Gasteiger partial charge in [-0.15, -0.1) is 0 Å². The van der Waals surface area contributed by atoms with Crippen molar-refractivity contribution in [1.82, 2.24) is 9.97 Å². The van der Waals surface area contributed by atoms with Gasteiger partial charge in [0.25, 0.3) is 0 Å². The van der Waals surface area contributed by atoms with Gasteiger partial charge in [-0.3, -0.25) is 0 Å².